The van der Waals surface area contributed by atoms with Gasteiger partial charge in [-0.15, -0.1) is 0 Å². The lowest BCUT2D eigenvalue weighted by molar-refractivity contribution is -0.140. The summed E-state index contributed by atoms with van der Waals surface area (Å²) in [5.41, 5.74) is 0.722. The zero-order valence-corrected chi connectivity index (χ0v) is 27.2. The number of anilines is 1. The molecule has 43 heavy (non-hydrogen) atoms. The molecule has 232 valence electrons. The molecule has 0 aliphatic heterocycles. The SMILES string of the molecule is CCC(C)NC(=O)C(CC)N(Cc1ccc(Cl)c(Cl)c1)C(=O)CN(c1cc(OC)ccc1OC)S(=O)(=O)c1ccccc1. The zero-order chi connectivity index (χ0) is 31.7. The first-order valence-corrected chi connectivity index (χ1v) is 16.0. The Morgan fingerprint density at radius 2 is 1.60 bits per heavy atom. The number of nitrogens with one attached hydrogen (secondary N) is 1. The van der Waals surface area contributed by atoms with Gasteiger partial charge in [0.15, 0.2) is 0 Å². The summed E-state index contributed by atoms with van der Waals surface area (Å²) in [5.74, 6) is -0.377. The van der Waals surface area contributed by atoms with Gasteiger partial charge in [-0.05, 0) is 61.7 Å². The lowest BCUT2D eigenvalue weighted by Crippen LogP contribution is -2.53. The molecule has 0 heterocycles. The van der Waals surface area contributed by atoms with Gasteiger partial charge in [-0.1, -0.05) is 61.3 Å². The fourth-order valence-corrected chi connectivity index (χ4v) is 6.18. The maximum Gasteiger partial charge on any atom is 0.264 e. The fraction of sp³-hybridized carbons (Fsp3) is 0.355. The minimum atomic E-state index is -4.29. The Morgan fingerprint density at radius 3 is 2.19 bits per heavy atom. The summed E-state index contributed by atoms with van der Waals surface area (Å²) in [7, 11) is -1.43. The van der Waals surface area contributed by atoms with Crippen LogP contribution in [0, 0.1) is 0 Å². The third kappa shape index (κ3) is 8.34. The van der Waals surface area contributed by atoms with E-state index in [1.807, 2.05) is 13.8 Å². The predicted octanol–water partition coefficient (Wildman–Crippen LogP) is 5.93. The van der Waals surface area contributed by atoms with E-state index >= 15 is 0 Å². The van der Waals surface area contributed by atoms with E-state index in [1.165, 1.54) is 37.3 Å². The lowest BCUT2D eigenvalue weighted by Gasteiger charge is -2.34. The first-order chi connectivity index (χ1) is 20.5. The molecule has 0 saturated heterocycles. The van der Waals surface area contributed by atoms with Crippen LogP contribution in [0.5, 0.6) is 11.5 Å². The third-order valence-electron chi connectivity index (χ3n) is 6.99. The van der Waals surface area contributed by atoms with Crippen LogP contribution >= 0.6 is 23.2 Å². The average molecular weight is 651 g/mol. The van der Waals surface area contributed by atoms with Crippen molar-refractivity contribution in [1.82, 2.24) is 10.2 Å². The van der Waals surface area contributed by atoms with E-state index in [1.54, 1.807) is 55.5 Å². The molecule has 0 aromatic heterocycles. The van der Waals surface area contributed by atoms with E-state index in [0.29, 0.717) is 22.8 Å². The van der Waals surface area contributed by atoms with Crippen molar-refractivity contribution >= 4 is 50.7 Å². The number of methoxy groups -OCH3 is 2. The molecule has 0 spiro atoms. The van der Waals surface area contributed by atoms with Gasteiger partial charge >= 0.3 is 0 Å². The van der Waals surface area contributed by atoms with E-state index in [4.69, 9.17) is 32.7 Å². The van der Waals surface area contributed by atoms with Crippen LogP contribution in [0.1, 0.15) is 39.2 Å². The maximum atomic E-state index is 14.3. The van der Waals surface area contributed by atoms with Crippen LogP contribution in [0.3, 0.4) is 0 Å². The minimum absolute atomic E-state index is 0.0172. The molecular weight excluding hydrogens is 613 g/mol. The third-order valence-corrected chi connectivity index (χ3v) is 9.50. The number of ether oxygens (including phenoxy) is 2. The largest absolute Gasteiger partial charge is 0.497 e. The number of hydrogen-bond acceptors (Lipinski definition) is 6. The molecule has 3 rings (SSSR count). The first kappa shape index (κ1) is 34.0. The molecule has 9 nitrogen and oxygen atoms in total. The van der Waals surface area contributed by atoms with Crippen LogP contribution in [-0.4, -0.2) is 58.0 Å². The zero-order valence-electron chi connectivity index (χ0n) is 24.8. The Bertz CT molecular complexity index is 1520. The highest BCUT2D eigenvalue weighted by Gasteiger charge is 2.35. The summed E-state index contributed by atoms with van der Waals surface area (Å²) in [5, 5.41) is 3.58. The Hall–Kier alpha value is -3.47. The number of amides is 2. The molecule has 0 fully saturated rings. The number of hydrogen-bond donors (Lipinski definition) is 1. The van der Waals surface area contributed by atoms with Gasteiger partial charge in [0, 0.05) is 18.7 Å². The van der Waals surface area contributed by atoms with Gasteiger partial charge in [-0.2, -0.15) is 0 Å². The molecule has 0 aliphatic carbocycles. The highest BCUT2D eigenvalue weighted by molar-refractivity contribution is 7.92. The number of sulfonamides is 1. The van der Waals surface area contributed by atoms with Gasteiger partial charge in [-0.25, -0.2) is 8.42 Å². The number of carbonyl (C=O) groups excluding carboxylic acids is 2. The van der Waals surface area contributed by atoms with Crippen molar-refractivity contribution in [2.75, 3.05) is 25.1 Å². The molecule has 3 aromatic carbocycles. The second kappa shape index (κ2) is 15.3. The van der Waals surface area contributed by atoms with Crippen molar-refractivity contribution in [2.45, 2.75) is 57.1 Å². The minimum Gasteiger partial charge on any atom is -0.497 e. The van der Waals surface area contributed by atoms with Crippen LogP contribution in [0.15, 0.2) is 71.6 Å². The van der Waals surface area contributed by atoms with Crippen molar-refractivity contribution in [3.05, 3.63) is 82.3 Å². The van der Waals surface area contributed by atoms with Gasteiger partial charge in [0.05, 0.1) is 34.8 Å². The molecular formula is C31H37Cl2N3O6S. The Morgan fingerprint density at radius 1 is 0.907 bits per heavy atom. The normalized spacial score (nSPS) is 12.6. The number of benzene rings is 3. The molecule has 0 saturated carbocycles. The van der Waals surface area contributed by atoms with E-state index in [2.05, 4.69) is 5.32 Å². The molecule has 3 aromatic rings. The van der Waals surface area contributed by atoms with Crippen molar-refractivity contribution in [1.29, 1.82) is 0 Å². The molecule has 0 aliphatic rings. The fourth-order valence-electron chi connectivity index (χ4n) is 4.42. The van der Waals surface area contributed by atoms with Crippen molar-refractivity contribution < 1.29 is 27.5 Å². The maximum absolute atomic E-state index is 14.3. The van der Waals surface area contributed by atoms with Crippen molar-refractivity contribution in [2.24, 2.45) is 0 Å². The molecule has 2 unspecified atom stereocenters. The van der Waals surface area contributed by atoms with Gasteiger partial charge in [0.1, 0.15) is 24.1 Å². The molecule has 0 radical (unpaired) electrons. The highest BCUT2D eigenvalue weighted by Crippen LogP contribution is 2.36. The predicted molar refractivity (Wildman–Crippen MR) is 170 cm³/mol. The second-order valence-corrected chi connectivity index (χ2v) is 12.6. The van der Waals surface area contributed by atoms with Gasteiger partial charge in [-0.3, -0.25) is 13.9 Å². The summed E-state index contributed by atoms with van der Waals surface area (Å²) in [4.78, 5) is 29.1. The molecule has 1 N–H and O–H groups in total. The van der Waals surface area contributed by atoms with Crippen molar-refractivity contribution in [3.8, 4) is 11.5 Å². The lowest BCUT2D eigenvalue weighted by atomic mass is 10.1. The topological polar surface area (TPSA) is 105 Å². The number of rotatable bonds is 14. The van der Waals surface area contributed by atoms with Crippen molar-refractivity contribution in [3.63, 3.8) is 0 Å². The van der Waals surface area contributed by atoms with Crippen LogP contribution < -0.4 is 19.1 Å². The van der Waals surface area contributed by atoms with Gasteiger partial charge in [0.2, 0.25) is 11.8 Å². The second-order valence-electron chi connectivity index (χ2n) is 9.87. The van der Waals surface area contributed by atoms with E-state index < -0.39 is 28.5 Å². The monoisotopic (exact) mass is 649 g/mol. The molecule has 0 bridgehead atoms. The molecule has 2 amide bonds. The van der Waals surface area contributed by atoms with Crippen LogP contribution in [0.25, 0.3) is 0 Å². The molecule has 2 atom stereocenters. The highest BCUT2D eigenvalue weighted by atomic mass is 35.5. The average Bonchev–Trinajstić information content (AvgIpc) is 3.01. The summed E-state index contributed by atoms with van der Waals surface area (Å²) in [6.45, 7) is 4.96. The quantitative estimate of drug-likeness (QED) is 0.232. The van der Waals surface area contributed by atoms with Gasteiger partial charge < -0.3 is 19.7 Å². The van der Waals surface area contributed by atoms with E-state index in [0.717, 1.165) is 4.31 Å². The standard InChI is InChI=1S/C31H37Cl2N3O6S/c1-6-21(3)34-31(38)27(7-2)35(19-22-13-15-25(32)26(33)17-22)30(37)20-36(43(39,40)24-11-9-8-10-12-24)28-18-23(41-4)14-16-29(28)42-5/h8-18,21,27H,6-7,19-20H2,1-5H3,(H,34,38). The van der Waals surface area contributed by atoms with Crippen LogP contribution in [-0.2, 0) is 26.2 Å². The molecule has 12 heteroatoms. The Kier molecular flexibility index (Phi) is 12.1. The van der Waals surface area contributed by atoms with E-state index in [-0.39, 0.29) is 46.3 Å². The number of nitrogens with zero attached hydrogens (tertiary/aromatic N) is 2. The summed E-state index contributed by atoms with van der Waals surface area (Å²) >= 11 is 12.4. The Labute approximate surface area is 263 Å². The van der Waals surface area contributed by atoms with Crippen LogP contribution in [0.2, 0.25) is 10.0 Å². The number of halogens is 2. The van der Waals surface area contributed by atoms with E-state index in [9.17, 15) is 18.0 Å². The summed E-state index contributed by atoms with van der Waals surface area (Å²) < 4.78 is 40.1. The van der Waals surface area contributed by atoms with Crippen LogP contribution in [0.4, 0.5) is 5.69 Å². The Balaban J connectivity index is 2.15. The number of carbonyl (C=O) groups is 2. The van der Waals surface area contributed by atoms with Gasteiger partial charge in [0.25, 0.3) is 10.0 Å². The first-order valence-electron chi connectivity index (χ1n) is 13.8. The summed E-state index contributed by atoms with van der Waals surface area (Å²) in [6, 6.07) is 16.4. The smallest absolute Gasteiger partial charge is 0.264 e. The summed E-state index contributed by atoms with van der Waals surface area (Å²) in [6.07, 6.45) is 0.977.